The van der Waals surface area contributed by atoms with E-state index >= 15 is 0 Å². The van der Waals surface area contributed by atoms with Gasteiger partial charge in [0.25, 0.3) is 0 Å². The standard InChI is InChI=1S/C13H19F2NO/c1-3-7-16-13(6-8-17-2)10-4-5-11(14)12(15)9-10/h4-5,9,13,16H,3,6-8H2,1-2H3. The van der Waals surface area contributed by atoms with Crippen LogP contribution in [0.5, 0.6) is 0 Å². The third-order valence-corrected chi connectivity index (χ3v) is 2.60. The highest BCUT2D eigenvalue weighted by molar-refractivity contribution is 5.21. The maximum Gasteiger partial charge on any atom is 0.159 e. The topological polar surface area (TPSA) is 21.3 Å². The van der Waals surface area contributed by atoms with Gasteiger partial charge in [-0.15, -0.1) is 0 Å². The van der Waals surface area contributed by atoms with Gasteiger partial charge in [0.1, 0.15) is 0 Å². The molecule has 0 saturated carbocycles. The lowest BCUT2D eigenvalue weighted by atomic mass is 10.0. The minimum absolute atomic E-state index is 0.00463. The third kappa shape index (κ3) is 4.40. The number of benzene rings is 1. The second-order valence-corrected chi connectivity index (χ2v) is 3.96. The highest BCUT2D eigenvalue weighted by atomic mass is 19.2. The van der Waals surface area contributed by atoms with Crippen LogP contribution in [0.25, 0.3) is 0 Å². The Bertz CT molecular complexity index is 336. The Balaban J connectivity index is 2.75. The minimum atomic E-state index is -0.810. The second kappa shape index (κ2) is 7.35. The molecule has 1 atom stereocenters. The molecule has 0 aliphatic rings. The average molecular weight is 243 g/mol. The number of ether oxygens (including phenoxy) is 1. The Kier molecular flexibility index (Phi) is 6.08. The molecule has 0 saturated heterocycles. The Labute approximate surface area is 101 Å². The molecule has 17 heavy (non-hydrogen) atoms. The molecule has 96 valence electrons. The van der Waals surface area contributed by atoms with Crippen molar-refractivity contribution in [2.45, 2.75) is 25.8 Å². The van der Waals surface area contributed by atoms with Gasteiger partial charge < -0.3 is 10.1 Å². The maximum atomic E-state index is 13.1. The number of hydrogen-bond donors (Lipinski definition) is 1. The maximum absolute atomic E-state index is 13.1. The summed E-state index contributed by atoms with van der Waals surface area (Å²) < 4.78 is 31.0. The summed E-state index contributed by atoms with van der Waals surface area (Å²) in [6.45, 7) is 3.49. The molecular weight excluding hydrogens is 224 g/mol. The summed E-state index contributed by atoms with van der Waals surface area (Å²) in [4.78, 5) is 0. The lowest BCUT2D eigenvalue weighted by Crippen LogP contribution is -2.23. The van der Waals surface area contributed by atoms with Gasteiger partial charge in [-0.05, 0) is 37.1 Å². The van der Waals surface area contributed by atoms with Crippen LogP contribution >= 0.6 is 0 Å². The number of hydrogen-bond acceptors (Lipinski definition) is 2. The van der Waals surface area contributed by atoms with Crippen LogP contribution in [0, 0.1) is 11.6 Å². The summed E-state index contributed by atoms with van der Waals surface area (Å²) in [5.41, 5.74) is 0.759. The van der Waals surface area contributed by atoms with Crippen LogP contribution in [0.15, 0.2) is 18.2 Å². The van der Waals surface area contributed by atoms with Crippen molar-refractivity contribution in [1.29, 1.82) is 0 Å². The molecule has 0 spiro atoms. The van der Waals surface area contributed by atoms with E-state index in [0.717, 1.165) is 31.0 Å². The average Bonchev–Trinajstić information content (AvgIpc) is 2.33. The van der Waals surface area contributed by atoms with Gasteiger partial charge in [-0.3, -0.25) is 0 Å². The van der Waals surface area contributed by atoms with Crippen LogP contribution in [0.1, 0.15) is 31.4 Å². The van der Waals surface area contributed by atoms with Crippen molar-refractivity contribution in [1.82, 2.24) is 5.32 Å². The highest BCUT2D eigenvalue weighted by Crippen LogP contribution is 2.19. The molecule has 0 radical (unpaired) electrons. The molecule has 0 bridgehead atoms. The van der Waals surface area contributed by atoms with Crippen LogP contribution in [0.3, 0.4) is 0 Å². The fourth-order valence-electron chi connectivity index (χ4n) is 1.67. The van der Waals surface area contributed by atoms with Gasteiger partial charge in [-0.25, -0.2) is 8.78 Å². The highest BCUT2D eigenvalue weighted by Gasteiger charge is 2.12. The molecule has 1 aromatic rings. The molecule has 0 amide bonds. The van der Waals surface area contributed by atoms with Crippen molar-refractivity contribution in [3.63, 3.8) is 0 Å². The molecular formula is C13H19F2NO. The smallest absolute Gasteiger partial charge is 0.159 e. The molecule has 0 aliphatic heterocycles. The molecule has 4 heteroatoms. The quantitative estimate of drug-likeness (QED) is 0.794. The summed E-state index contributed by atoms with van der Waals surface area (Å²) in [5.74, 6) is -1.61. The third-order valence-electron chi connectivity index (χ3n) is 2.60. The largest absolute Gasteiger partial charge is 0.385 e. The van der Waals surface area contributed by atoms with Gasteiger partial charge in [-0.2, -0.15) is 0 Å². The zero-order chi connectivity index (χ0) is 12.7. The Hall–Kier alpha value is -1.00. The molecule has 1 rings (SSSR count). The van der Waals surface area contributed by atoms with Crippen molar-refractivity contribution in [3.8, 4) is 0 Å². The monoisotopic (exact) mass is 243 g/mol. The second-order valence-electron chi connectivity index (χ2n) is 3.96. The van der Waals surface area contributed by atoms with Crippen molar-refractivity contribution in [2.75, 3.05) is 20.3 Å². The van der Waals surface area contributed by atoms with Crippen LogP contribution in [-0.4, -0.2) is 20.3 Å². The molecule has 0 aliphatic carbocycles. The zero-order valence-electron chi connectivity index (χ0n) is 10.3. The van der Waals surface area contributed by atoms with E-state index < -0.39 is 11.6 Å². The van der Waals surface area contributed by atoms with E-state index in [0.29, 0.717) is 6.61 Å². The molecule has 1 unspecified atom stereocenters. The van der Waals surface area contributed by atoms with Crippen LogP contribution in [0.2, 0.25) is 0 Å². The van der Waals surface area contributed by atoms with Gasteiger partial charge in [0.05, 0.1) is 0 Å². The van der Waals surface area contributed by atoms with E-state index in [4.69, 9.17) is 4.74 Å². The lowest BCUT2D eigenvalue weighted by Gasteiger charge is -2.18. The van der Waals surface area contributed by atoms with Gasteiger partial charge >= 0.3 is 0 Å². The van der Waals surface area contributed by atoms with Crippen molar-refractivity contribution < 1.29 is 13.5 Å². The fraction of sp³-hybridized carbons (Fsp3) is 0.538. The number of methoxy groups -OCH3 is 1. The summed E-state index contributed by atoms with van der Waals surface area (Å²) in [6, 6.07) is 4.03. The number of rotatable bonds is 7. The molecule has 2 nitrogen and oxygen atoms in total. The first kappa shape index (κ1) is 14.1. The van der Waals surface area contributed by atoms with E-state index in [9.17, 15) is 8.78 Å². The number of nitrogens with one attached hydrogen (secondary N) is 1. The van der Waals surface area contributed by atoms with Crippen molar-refractivity contribution in [3.05, 3.63) is 35.4 Å². The van der Waals surface area contributed by atoms with Gasteiger partial charge in [0, 0.05) is 19.8 Å². The van der Waals surface area contributed by atoms with Crippen molar-refractivity contribution >= 4 is 0 Å². The van der Waals surface area contributed by atoms with Crippen molar-refractivity contribution in [2.24, 2.45) is 0 Å². The van der Waals surface area contributed by atoms with E-state index in [1.54, 1.807) is 13.2 Å². The van der Waals surface area contributed by atoms with Gasteiger partial charge in [-0.1, -0.05) is 13.0 Å². The van der Waals surface area contributed by atoms with E-state index in [-0.39, 0.29) is 6.04 Å². The Morgan fingerprint density at radius 2 is 2.06 bits per heavy atom. The van der Waals surface area contributed by atoms with E-state index in [2.05, 4.69) is 12.2 Å². The summed E-state index contributed by atoms with van der Waals surface area (Å²) in [7, 11) is 1.63. The van der Waals surface area contributed by atoms with Gasteiger partial charge in [0.15, 0.2) is 11.6 Å². The summed E-state index contributed by atoms with van der Waals surface area (Å²) in [5, 5.41) is 3.30. The Morgan fingerprint density at radius 1 is 1.29 bits per heavy atom. The summed E-state index contributed by atoms with van der Waals surface area (Å²) in [6.07, 6.45) is 1.73. The van der Waals surface area contributed by atoms with Crippen LogP contribution in [-0.2, 0) is 4.74 Å². The fourth-order valence-corrected chi connectivity index (χ4v) is 1.67. The van der Waals surface area contributed by atoms with Crippen LogP contribution in [0.4, 0.5) is 8.78 Å². The first-order valence-electron chi connectivity index (χ1n) is 5.86. The molecule has 0 aromatic heterocycles. The van der Waals surface area contributed by atoms with Gasteiger partial charge in [0.2, 0.25) is 0 Å². The summed E-state index contributed by atoms with van der Waals surface area (Å²) >= 11 is 0. The lowest BCUT2D eigenvalue weighted by molar-refractivity contribution is 0.183. The minimum Gasteiger partial charge on any atom is -0.385 e. The van der Waals surface area contributed by atoms with E-state index in [1.807, 2.05) is 0 Å². The number of halogens is 2. The first-order chi connectivity index (χ1) is 8.19. The normalized spacial score (nSPS) is 12.7. The van der Waals surface area contributed by atoms with E-state index in [1.165, 1.54) is 6.07 Å². The molecule has 0 fully saturated rings. The predicted molar refractivity (Wildman–Crippen MR) is 63.9 cm³/mol. The Morgan fingerprint density at radius 3 is 2.65 bits per heavy atom. The zero-order valence-corrected chi connectivity index (χ0v) is 10.3. The SMILES string of the molecule is CCCNC(CCOC)c1ccc(F)c(F)c1. The molecule has 0 heterocycles. The molecule has 1 aromatic carbocycles. The first-order valence-corrected chi connectivity index (χ1v) is 5.86. The van der Waals surface area contributed by atoms with Crippen LogP contribution < -0.4 is 5.32 Å². The predicted octanol–water partition coefficient (Wildman–Crippen LogP) is 3.04. The molecule has 1 N–H and O–H groups in total.